The van der Waals surface area contributed by atoms with Crippen LogP contribution in [0.25, 0.3) is 0 Å². The fourth-order valence-corrected chi connectivity index (χ4v) is 3.56. The van der Waals surface area contributed by atoms with Crippen molar-refractivity contribution in [3.05, 3.63) is 35.9 Å². The summed E-state index contributed by atoms with van der Waals surface area (Å²) in [5.41, 5.74) is 1.45. The molecule has 0 saturated carbocycles. The van der Waals surface area contributed by atoms with Crippen LogP contribution < -0.4 is 0 Å². The Morgan fingerprint density at radius 2 is 1.52 bits per heavy atom. The highest BCUT2D eigenvalue weighted by Gasteiger charge is 2.22. The van der Waals surface area contributed by atoms with Gasteiger partial charge in [0.1, 0.15) is 0 Å². The van der Waals surface area contributed by atoms with Crippen LogP contribution in [-0.4, -0.2) is 67.6 Å². The van der Waals surface area contributed by atoms with Crippen molar-refractivity contribution >= 4 is 0 Å². The second kappa shape index (κ2) is 7.39. The summed E-state index contributed by atoms with van der Waals surface area (Å²) in [5, 5.41) is 0. The zero-order valence-corrected chi connectivity index (χ0v) is 13.4. The van der Waals surface area contributed by atoms with E-state index in [0.717, 1.165) is 12.5 Å². The van der Waals surface area contributed by atoms with Crippen molar-refractivity contribution in [3.63, 3.8) is 0 Å². The van der Waals surface area contributed by atoms with Crippen LogP contribution >= 0.6 is 0 Å². The van der Waals surface area contributed by atoms with E-state index in [0.29, 0.717) is 0 Å². The summed E-state index contributed by atoms with van der Waals surface area (Å²) in [7, 11) is 2.24. The van der Waals surface area contributed by atoms with Crippen LogP contribution in [0.2, 0.25) is 0 Å². The second-order valence-electron chi connectivity index (χ2n) is 6.81. The molecule has 0 aliphatic carbocycles. The predicted octanol–water partition coefficient (Wildman–Crippen LogP) is 2.15. The maximum Gasteiger partial charge on any atom is 0.0233 e. The first-order chi connectivity index (χ1) is 10.3. The lowest BCUT2D eigenvalue weighted by atomic mass is 9.95. The van der Waals surface area contributed by atoms with Gasteiger partial charge in [-0.2, -0.15) is 0 Å². The molecule has 2 heterocycles. The molecular formula is C18H29N3. The van der Waals surface area contributed by atoms with Gasteiger partial charge in [0, 0.05) is 39.3 Å². The normalized spacial score (nSPS) is 23.5. The van der Waals surface area contributed by atoms with Gasteiger partial charge in [0.2, 0.25) is 0 Å². The van der Waals surface area contributed by atoms with Crippen molar-refractivity contribution in [1.82, 2.24) is 14.7 Å². The molecule has 0 spiro atoms. The van der Waals surface area contributed by atoms with Crippen molar-refractivity contribution in [2.45, 2.75) is 19.4 Å². The number of likely N-dealkylation sites (tertiary alicyclic amines) is 1. The van der Waals surface area contributed by atoms with Crippen molar-refractivity contribution in [2.75, 3.05) is 52.9 Å². The monoisotopic (exact) mass is 287 g/mol. The summed E-state index contributed by atoms with van der Waals surface area (Å²) in [4.78, 5) is 7.74. The first-order valence-electron chi connectivity index (χ1n) is 8.47. The molecule has 0 amide bonds. The standard InChI is InChI=1S/C18H29N3/c1-19-11-13-21(14-12-19)16-18-7-9-20(10-8-18)15-17-5-3-2-4-6-17/h2-6,18H,7-16H2,1H3. The quantitative estimate of drug-likeness (QED) is 0.840. The van der Waals surface area contributed by atoms with Crippen LogP contribution in [0.5, 0.6) is 0 Å². The number of piperazine rings is 1. The number of likely N-dealkylation sites (N-methyl/N-ethyl adjacent to an activating group) is 1. The highest BCUT2D eigenvalue weighted by Crippen LogP contribution is 2.20. The van der Waals surface area contributed by atoms with Gasteiger partial charge in [0.15, 0.2) is 0 Å². The molecule has 0 aromatic heterocycles. The number of benzene rings is 1. The number of piperidine rings is 1. The van der Waals surface area contributed by atoms with Crippen LogP contribution in [0.1, 0.15) is 18.4 Å². The Balaban J connectivity index is 1.39. The highest BCUT2D eigenvalue weighted by molar-refractivity contribution is 5.14. The lowest BCUT2D eigenvalue weighted by Crippen LogP contribution is -2.47. The lowest BCUT2D eigenvalue weighted by Gasteiger charge is -2.38. The number of hydrogen-bond acceptors (Lipinski definition) is 3. The molecule has 0 unspecified atom stereocenters. The molecule has 116 valence electrons. The molecule has 2 aliphatic heterocycles. The van der Waals surface area contributed by atoms with Crippen LogP contribution in [0.3, 0.4) is 0 Å². The third-order valence-corrected chi connectivity index (χ3v) is 5.07. The van der Waals surface area contributed by atoms with E-state index < -0.39 is 0 Å². The molecule has 0 radical (unpaired) electrons. The van der Waals surface area contributed by atoms with Gasteiger partial charge in [-0.05, 0) is 44.5 Å². The van der Waals surface area contributed by atoms with Crippen LogP contribution in [-0.2, 0) is 6.54 Å². The van der Waals surface area contributed by atoms with Gasteiger partial charge in [0.25, 0.3) is 0 Å². The molecule has 2 aliphatic rings. The van der Waals surface area contributed by atoms with Crippen molar-refractivity contribution in [2.24, 2.45) is 5.92 Å². The predicted molar refractivity (Wildman–Crippen MR) is 88.4 cm³/mol. The Hall–Kier alpha value is -0.900. The smallest absolute Gasteiger partial charge is 0.0233 e. The molecule has 3 rings (SSSR count). The molecule has 0 atom stereocenters. The molecule has 2 saturated heterocycles. The lowest BCUT2D eigenvalue weighted by molar-refractivity contribution is 0.104. The minimum Gasteiger partial charge on any atom is -0.304 e. The largest absolute Gasteiger partial charge is 0.304 e. The van der Waals surface area contributed by atoms with Gasteiger partial charge in [0.05, 0.1) is 0 Å². The van der Waals surface area contributed by atoms with Gasteiger partial charge in [-0.25, -0.2) is 0 Å². The zero-order chi connectivity index (χ0) is 14.5. The highest BCUT2D eigenvalue weighted by atomic mass is 15.2. The molecule has 1 aromatic carbocycles. The average Bonchev–Trinajstić information content (AvgIpc) is 2.53. The Morgan fingerprint density at radius 1 is 0.857 bits per heavy atom. The molecule has 1 aromatic rings. The van der Waals surface area contributed by atoms with Crippen molar-refractivity contribution in [1.29, 1.82) is 0 Å². The van der Waals surface area contributed by atoms with E-state index in [2.05, 4.69) is 52.1 Å². The Morgan fingerprint density at radius 3 is 2.19 bits per heavy atom. The molecule has 0 N–H and O–H groups in total. The SMILES string of the molecule is CN1CCN(CC2CCN(Cc3ccccc3)CC2)CC1. The third kappa shape index (κ3) is 4.53. The first-order valence-corrected chi connectivity index (χ1v) is 8.47. The van der Waals surface area contributed by atoms with E-state index >= 15 is 0 Å². The van der Waals surface area contributed by atoms with Crippen LogP contribution in [0, 0.1) is 5.92 Å². The van der Waals surface area contributed by atoms with E-state index in [1.807, 2.05) is 0 Å². The first kappa shape index (κ1) is 15.0. The molecule has 2 fully saturated rings. The fraction of sp³-hybridized carbons (Fsp3) is 0.667. The minimum atomic E-state index is 0.917. The van der Waals surface area contributed by atoms with E-state index in [1.165, 1.54) is 64.2 Å². The molecule has 3 nitrogen and oxygen atoms in total. The van der Waals surface area contributed by atoms with Crippen LogP contribution in [0.4, 0.5) is 0 Å². The fourth-order valence-electron chi connectivity index (χ4n) is 3.56. The molecular weight excluding hydrogens is 258 g/mol. The maximum atomic E-state index is 2.68. The van der Waals surface area contributed by atoms with Crippen molar-refractivity contribution < 1.29 is 0 Å². The van der Waals surface area contributed by atoms with Gasteiger partial charge in [-0.15, -0.1) is 0 Å². The number of nitrogens with zero attached hydrogens (tertiary/aromatic N) is 3. The van der Waals surface area contributed by atoms with E-state index in [9.17, 15) is 0 Å². The third-order valence-electron chi connectivity index (χ3n) is 5.07. The summed E-state index contributed by atoms with van der Waals surface area (Å²) < 4.78 is 0. The van der Waals surface area contributed by atoms with E-state index in [-0.39, 0.29) is 0 Å². The summed E-state index contributed by atoms with van der Waals surface area (Å²) in [5.74, 6) is 0.917. The molecule has 21 heavy (non-hydrogen) atoms. The van der Waals surface area contributed by atoms with Crippen LogP contribution in [0.15, 0.2) is 30.3 Å². The molecule has 3 heteroatoms. The Bertz CT molecular complexity index is 404. The maximum absolute atomic E-state index is 2.68. The second-order valence-corrected chi connectivity index (χ2v) is 6.81. The van der Waals surface area contributed by atoms with Crippen molar-refractivity contribution in [3.8, 4) is 0 Å². The summed E-state index contributed by atoms with van der Waals surface area (Å²) >= 11 is 0. The summed E-state index contributed by atoms with van der Waals surface area (Å²) in [6.45, 7) is 10.0. The Labute approximate surface area is 129 Å². The number of rotatable bonds is 4. The Kier molecular flexibility index (Phi) is 5.28. The zero-order valence-electron chi connectivity index (χ0n) is 13.4. The van der Waals surface area contributed by atoms with Gasteiger partial charge < -0.3 is 9.80 Å². The van der Waals surface area contributed by atoms with Gasteiger partial charge >= 0.3 is 0 Å². The summed E-state index contributed by atoms with van der Waals surface area (Å²) in [6.07, 6.45) is 2.75. The number of hydrogen-bond donors (Lipinski definition) is 0. The van der Waals surface area contributed by atoms with E-state index in [4.69, 9.17) is 0 Å². The van der Waals surface area contributed by atoms with Gasteiger partial charge in [-0.1, -0.05) is 30.3 Å². The van der Waals surface area contributed by atoms with Gasteiger partial charge in [-0.3, -0.25) is 4.90 Å². The van der Waals surface area contributed by atoms with E-state index in [1.54, 1.807) is 0 Å². The average molecular weight is 287 g/mol. The minimum absolute atomic E-state index is 0.917. The summed E-state index contributed by atoms with van der Waals surface area (Å²) in [6, 6.07) is 10.9. The topological polar surface area (TPSA) is 9.72 Å². The molecule has 0 bridgehead atoms.